The maximum Gasteiger partial charge on any atom is 0.273 e. The number of rotatable bonds is 6. The molecule has 0 amide bonds. The SMILES string of the molecule is CCC(CC)COc1cc([N+](=O)[O-])ccc1Br. The van der Waals surface area contributed by atoms with E-state index in [1.54, 1.807) is 6.07 Å². The average Bonchev–Trinajstić information content (AvgIpc) is 2.32. The van der Waals surface area contributed by atoms with Crippen LogP contribution in [0.3, 0.4) is 0 Å². The molecule has 4 nitrogen and oxygen atoms in total. The molecule has 0 radical (unpaired) electrons. The van der Waals surface area contributed by atoms with Crippen LogP contribution < -0.4 is 4.74 Å². The Bertz CT molecular complexity index is 391. The first-order valence-corrected chi connectivity index (χ1v) is 6.44. The minimum absolute atomic E-state index is 0.0488. The van der Waals surface area contributed by atoms with Gasteiger partial charge < -0.3 is 4.74 Å². The summed E-state index contributed by atoms with van der Waals surface area (Å²) < 4.78 is 6.36. The Balaban J connectivity index is 2.75. The van der Waals surface area contributed by atoms with Gasteiger partial charge in [-0.1, -0.05) is 26.7 Å². The van der Waals surface area contributed by atoms with E-state index in [1.807, 2.05) is 0 Å². The summed E-state index contributed by atoms with van der Waals surface area (Å²) in [6.45, 7) is 4.81. The fourth-order valence-electron chi connectivity index (χ4n) is 1.45. The summed E-state index contributed by atoms with van der Waals surface area (Å²) in [5, 5.41) is 10.6. The largest absolute Gasteiger partial charge is 0.492 e. The number of ether oxygens (including phenoxy) is 1. The van der Waals surface area contributed by atoms with E-state index in [0.717, 1.165) is 17.3 Å². The first kappa shape index (κ1) is 14.0. The Hall–Kier alpha value is -1.10. The van der Waals surface area contributed by atoms with Gasteiger partial charge in [0.1, 0.15) is 5.75 Å². The lowest BCUT2D eigenvalue weighted by Gasteiger charge is -2.14. The molecule has 0 spiro atoms. The van der Waals surface area contributed by atoms with Gasteiger partial charge in [-0.2, -0.15) is 0 Å². The van der Waals surface area contributed by atoms with Crippen molar-refractivity contribution in [2.24, 2.45) is 5.92 Å². The predicted molar refractivity (Wildman–Crippen MR) is 70.4 cm³/mol. The van der Waals surface area contributed by atoms with Crippen molar-refractivity contribution in [1.82, 2.24) is 0 Å². The van der Waals surface area contributed by atoms with Crippen molar-refractivity contribution >= 4 is 21.6 Å². The van der Waals surface area contributed by atoms with Crippen LogP contribution in [0.4, 0.5) is 5.69 Å². The van der Waals surface area contributed by atoms with Gasteiger partial charge in [0.15, 0.2) is 0 Å². The van der Waals surface area contributed by atoms with Crippen molar-refractivity contribution in [2.45, 2.75) is 26.7 Å². The van der Waals surface area contributed by atoms with Crippen LogP contribution in [0.5, 0.6) is 5.75 Å². The second-order valence-electron chi connectivity index (χ2n) is 3.87. The van der Waals surface area contributed by atoms with Crippen LogP contribution in [0.2, 0.25) is 0 Å². The number of nitro groups is 1. The summed E-state index contributed by atoms with van der Waals surface area (Å²) in [5.74, 6) is 1.02. The lowest BCUT2D eigenvalue weighted by atomic mass is 10.1. The fourth-order valence-corrected chi connectivity index (χ4v) is 1.81. The third-order valence-electron chi connectivity index (χ3n) is 2.75. The van der Waals surface area contributed by atoms with Gasteiger partial charge in [0.25, 0.3) is 5.69 Å². The molecule has 5 heteroatoms. The number of nitrogens with zero attached hydrogens (tertiary/aromatic N) is 1. The van der Waals surface area contributed by atoms with Crippen LogP contribution in [0.25, 0.3) is 0 Å². The zero-order chi connectivity index (χ0) is 12.8. The predicted octanol–water partition coefficient (Wildman–Crippen LogP) is 4.17. The van der Waals surface area contributed by atoms with Crippen molar-refractivity contribution in [3.05, 3.63) is 32.8 Å². The summed E-state index contributed by atoms with van der Waals surface area (Å²) in [6, 6.07) is 4.54. The van der Waals surface area contributed by atoms with Gasteiger partial charge >= 0.3 is 0 Å². The lowest BCUT2D eigenvalue weighted by Crippen LogP contribution is -2.10. The molecule has 0 aliphatic carbocycles. The molecule has 17 heavy (non-hydrogen) atoms. The normalized spacial score (nSPS) is 10.6. The Kier molecular flexibility index (Phi) is 5.41. The molecule has 0 aromatic heterocycles. The van der Waals surface area contributed by atoms with E-state index in [2.05, 4.69) is 29.8 Å². The molecule has 0 N–H and O–H groups in total. The molecule has 0 heterocycles. The Morgan fingerprint density at radius 2 is 2.06 bits per heavy atom. The molecule has 0 aliphatic rings. The summed E-state index contributed by atoms with van der Waals surface area (Å²) in [5.41, 5.74) is 0.0488. The molecular formula is C12H16BrNO3. The average molecular weight is 302 g/mol. The van der Waals surface area contributed by atoms with E-state index in [0.29, 0.717) is 18.3 Å². The molecule has 1 rings (SSSR count). The Morgan fingerprint density at radius 3 is 2.59 bits per heavy atom. The highest BCUT2D eigenvalue weighted by atomic mass is 79.9. The maximum atomic E-state index is 10.6. The highest BCUT2D eigenvalue weighted by molar-refractivity contribution is 9.10. The number of nitro benzene ring substituents is 1. The van der Waals surface area contributed by atoms with Crippen LogP contribution >= 0.6 is 15.9 Å². The third kappa shape index (κ3) is 4.00. The quantitative estimate of drug-likeness (QED) is 0.585. The van der Waals surface area contributed by atoms with E-state index in [-0.39, 0.29) is 5.69 Å². The highest BCUT2D eigenvalue weighted by Gasteiger charge is 2.12. The summed E-state index contributed by atoms with van der Waals surface area (Å²) in [7, 11) is 0. The zero-order valence-electron chi connectivity index (χ0n) is 9.98. The molecule has 0 saturated carbocycles. The zero-order valence-corrected chi connectivity index (χ0v) is 11.6. The standard InChI is InChI=1S/C12H16BrNO3/c1-3-9(4-2)8-17-12-7-10(14(15)16)5-6-11(12)13/h5-7,9H,3-4,8H2,1-2H3. The van der Waals surface area contributed by atoms with Crippen molar-refractivity contribution in [3.8, 4) is 5.75 Å². The third-order valence-corrected chi connectivity index (χ3v) is 3.41. The molecule has 0 bridgehead atoms. The minimum atomic E-state index is -0.420. The van der Waals surface area contributed by atoms with Gasteiger partial charge in [0.2, 0.25) is 0 Å². The van der Waals surface area contributed by atoms with Crippen molar-refractivity contribution in [1.29, 1.82) is 0 Å². The van der Waals surface area contributed by atoms with Gasteiger partial charge in [-0.05, 0) is 27.9 Å². The van der Waals surface area contributed by atoms with Crippen molar-refractivity contribution < 1.29 is 9.66 Å². The number of hydrogen-bond acceptors (Lipinski definition) is 3. The summed E-state index contributed by atoms with van der Waals surface area (Å²) >= 11 is 3.33. The number of non-ortho nitro benzene ring substituents is 1. The van der Waals surface area contributed by atoms with Gasteiger partial charge in [-0.15, -0.1) is 0 Å². The van der Waals surface area contributed by atoms with Gasteiger partial charge in [0.05, 0.1) is 22.1 Å². The topological polar surface area (TPSA) is 52.4 Å². The van der Waals surface area contributed by atoms with Crippen LogP contribution in [-0.4, -0.2) is 11.5 Å². The fraction of sp³-hybridized carbons (Fsp3) is 0.500. The van der Waals surface area contributed by atoms with E-state index in [4.69, 9.17) is 4.74 Å². The minimum Gasteiger partial charge on any atom is -0.492 e. The van der Waals surface area contributed by atoms with Crippen LogP contribution in [0, 0.1) is 16.0 Å². The van der Waals surface area contributed by atoms with E-state index in [9.17, 15) is 10.1 Å². The van der Waals surface area contributed by atoms with Gasteiger partial charge in [-0.3, -0.25) is 10.1 Å². The molecule has 0 aliphatic heterocycles. The molecule has 0 atom stereocenters. The van der Waals surface area contributed by atoms with Gasteiger partial charge in [-0.25, -0.2) is 0 Å². The van der Waals surface area contributed by atoms with Crippen molar-refractivity contribution in [2.75, 3.05) is 6.61 Å². The molecule has 94 valence electrons. The Labute approximate surface area is 109 Å². The summed E-state index contributed by atoms with van der Waals surface area (Å²) in [4.78, 5) is 10.2. The van der Waals surface area contributed by atoms with Crippen molar-refractivity contribution in [3.63, 3.8) is 0 Å². The monoisotopic (exact) mass is 301 g/mol. The second-order valence-corrected chi connectivity index (χ2v) is 4.72. The molecule has 0 fully saturated rings. The molecule has 0 unspecified atom stereocenters. The van der Waals surface area contributed by atoms with Crippen LogP contribution in [-0.2, 0) is 0 Å². The van der Waals surface area contributed by atoms with E-state index < -0.39 is 4.92 Å². The smallest absolute Gasteiger partial charge is 0.273 e. The first-order chi connectivity index (χ1) is 8.08. The highest BCUT2D eigenvalue weighted by Crippen LogP contribution is 2.29. The summed E-state index contributed by atoms with van der Waals surface area (Å²) in [6.07, 6.45) is 2.09. The molecule has 1 aromatic rings. The van der Waals surface area contributed by atoms with Gasteiger partial charge in [0, 0.05) is 6.07 Å². The van der Waals surface area contributed by atoms with E-state index >= 15 is 0 Å². The molecular weight excluding hydrogens is 286 g/mol. The number of hydrogen-bond donors (Lipinski definition) is 0. The van der Waals surface area contributed by atoms with Crippen LogP contribution in [0.1, 0.15) is 26.7 Å². The maximum absolute atomic E-state index is 10.6. The first-order valence-electron chi connectivity index (χ1n) is 5.65. The number of benzene rings is 1. The molecule has 1 aromatic carbocycles. The Morgan fingerprint density at radius 1 is 1.41 bits per heavy atom. The van der Waals surface area contributed by atoms with Crippen LogP contribution in [0.15, 0.2) is 22.7 Å². The molecule has 0 saturated heterocycles. The van der Waals surface area contributed by atoms with E-state index in [1.165, 1.54) is 12.1 Å². The number of halogens is 1. The lowest BCUT2D eigenvalue weighted by molar-refractivity contribution is -0.385. The second kappa shape index (κ2) is 6.59.